The predicted molar refractivity (Wildman–Crippen MR) is 70.6 cm³/mol. The third-order valence-electron chi connectivity index (χ3n) is 3.37. The van der Waals surface area contributed by atoms with E-state index in [0.717, 1.165) is 25.2 Å². The summed E-state index contributed by atoms with van der Waals surface area (Å²) in [5, 5.41) is 0. The molecule has 1 aromatic rings. The molecule has 3 nitrogen and oxygen atoms in total. The molecule has 2 atom stereocenters. The van der Waals surface area contributed by atoms with Crippen LogP contribution in [0, 0.1) is 5.92 Å². The van der Waals surface area contributed by atoms with Gasteiger partial charge in [-0.1, -0.05) is 19.9 Å². The monoisotopic (exact) mass is 233 g/mol. The average Bonchev–Trinajstić information content (AvgIpc) is 2.29. The molecule has 0 spiro atoms. The Labute approximate surface area is 104 Å². The zero-order chi connectivity index (χ0) is 12.3. The Morgan fingerprint density at radius 2 is 2.29 bits per heavy atom. The fourth-order valence-corrected chi connectivity index (χ4v) is 2.73. The highest BCUT2D eigenvalue weighted by Gasteiger charge is 2.31. The molecule has 1 saturated heterocycles. The normalized spacial score (nSPS) is 26.4. The fourth-order valence-electron chi connectivity index (χ4n) is 2.73. The highest BCUT2D eigenvalue weighted by molar-refractivity contribution is 5.12. The lowest BCUT2D eigenvalue weighted by Crippen LogP contribution is -2.47. The van der Waals surface area contributed by atoms with E-state index in [4.69, 9.17) is 5.73 Å². The van der Waals surface area contributed by atoms with Crippen molar-refractivity contribution in [2.75, 3.05) is 13.1 Å². The number of pyridine rings is 1. The van der Waals surface area contributed by atoms with Gasteiger partial charge >= 0.3 is 0 Å². The lowest BCUT2D eigenvalue weighted by atomic mass is 9.93. The van der Waals surface area contributed by atoms with Crippen LogP contribution in [0.15, 0.2) is 24.4 Å². The van der Waals surface area contributed by atoms with Crippen molar-refractivity contribution in [1.82, 2.24) is 9.88 Å². The van der Waals surface area contributed by atoms with Crippen LogP contribution >= 0.6 is 0 Å². The Morgan fingerprint density at radius 1 is 1.47 bits per heavy atom. The Morgan fingerprint density at radius 3 is 2.94 bits per heavy atom. The van der Waals surface area contributed by atoms with E-state index in [9.17, 15) is 0 Å². The predicted octanol–water partition coefficient (Wildman–Crippen LogP) is 2.20. The molecular weight excluding hydrogens is 210 g/mol. The van der Waals surface area contributed by atoms with Crippen LogP contribution in [0.4, 0.5) is 0 Å². The van der Waals surface area contributed by atoms with Crippen molar-refractivity contribution in [2.24, 2.45) is 11.7 Å². The van der Waals surface area contributed by atoms with Crippen LogP contribution in [-0.4, -0.2) is 29.0 Å². The number of hydrogen-bond donors (Lipinski definition) is 1. The maximum absolute atomic E-state index is 6.30. The molecule has 2 rings (SSSR count). The van der Waals surface area contributed by atoms with Crippen LogP contribution in [0.1, 0.15) is 38.4 Å². The highest BCUT2D eigenvalue weighted by Crippen LogP contribution is 2.29. The summed E-state index contributed by atoms with van der Waals surface area (Å²) in [7, 11) is 0. The number of hydrogen-bond acceptors (Lipinski definition) is 3. The minimum Gasteiger partial charge on any atom is -0.326 e. The van der Waals surface area contributed by atoms with Gasteiger partial charge in [0.1, 0.15) is 0 Å². The minimum atomic E-state index is 0.220. The highest BCUT2D eigenvalue weighted by atomic mass is 15.2. The van der Waals surface area contributed by atoms with Crippen molar-refractivity contribution in [1.29, 1.82) is 0 Å². The molecular formula is C14H23N3. The van der Waals surface area contributed by atoms with Gasteiger partial charge in [-0.15, -0.1) is 0 Å². The van der Waals surface area contributed by atoms with E-state index >= 15 is 0 Å². The van der Waals surface area contributed by atoms with E-state index in [1.807, 2.05) is 12.3 Å². The third kappa shape index (κ3) is 3.05. The Balaban J connectivity index is 2.19. The number of nitrogens with zero attached hydrogens (tertiary/aromatic N) is 2. The van der Waals surface area contributed by atoms with E-state index in [1.165, 1.54) is 6.42 Å². The van der Waals surface area contributed by atoms with Gasteiger partial charge in [0.05, 0.1) is 11.7 Å². The van der Waals surface area contributed by atoms with Crippen LogP contribution in [0.3, 0.4) is 0 Å². The molecule has 2 N–H and O–H groups in total. The second-order valence-electron chi connectivity index (χ2n) is 5.39. The van der Waals surface area contributed by atoms with Gasteiger partial charge in [0.15, 0.2) is 0 Å². The summed E-state index contributed by atoms with van der Waals surface area (Å²) in [6.07, 6.45) is 4.18. The van der Waals surface area contributed by atoms with Gasteiger partial charge in [0.2, 0.25) is 0 Å². The molecule has 1 aromatic heterocycles. The molecule has 2 heterocycles. The molecule has 1 aliphatic heterocycles. The van der Waals surface area contributed by atoms with Gasteiger partial charge in [-0.25, -0.2) is 0 Å². The second-order valence-corrected chi connectivity index (χ2v) is 5.39. The molecule has 0 aromatic carbocycles. The quantitative estimate of drug-likeness (QED) is 0.870. The van der Waals surface area contributed by atoms with Crippen LogP contribution in [0.2, 0.25) is 0 Å². The first-order valence-corrected chi connectivity index (χ1v) is 6.59. The van der Waals surface area contributed by atoms with E-state index < -0.39 is 0 Å². The lowest BCUT2D eigenvalue weighted by Gasteiger charge is -2.40. The molecule has 94 valence electrons. The summed E-state index contributed by atoms with van der Waals surface area (Å²) in [4.78, 5) is 6.99. The van der Waals surface area contributed by atoms with Crippen LogP contribution in [0.5, 0.6) is 0 Å². The molecule has 2 unspecified atom stereocenters. The van der Waals surface area contributed by atoms with Crippen LogP contribution < -0.4 is 5.73 Å². The Bertz CT molecular complexity index is 337. The van der Waals surface area contributed by atoms with E-state index in [0.29, 0.717) is 12.0 Å². The van der Waals surface area contributed by atoms with Gasteiger partial charge in [0, 0.05) is 18.8 Å². The van der Waals surface area contributed by atoms with Crippen molar-refractivity contribution >= 4 is 0 Å². The van der Waals surface area contributed by atoms with Crippen molar-refractivity contribution < 1.29 is 0 Å². The molecule has 1 fully saturated rings. The number of nitrogens with two attached hydrogens (primary N) is 1. The van der Waals surface area contributed by atoms with E-state index in [1.54, 1.807) is 0 Å². The van der Waals surface area contributed by atoms with Gasteiger partial charge in [-0.3, -0.25) is 9.88 Å². The first kappa shape index (κ1) is 12.5. The summed E-state index contributed by atoms with van der Waals surface area (Å²) in [6, 6.07) is 6.63. The van der Waals surface area contributed by atoms with Crippen LogP contribution in [0.25, 0.3) is 0 Å². The van der Waals surface area contributed by atoms with Crippen molar-refractivity contribution in [3.8, 4) is 0 Å². The first-order chi connectivity index (χ1) is 8.18. The van der Waals surface area contributed by atoms with Crippen molar-refractivity contribution in [3.05, 3.63) is 30.1 Å². The van der Waals surface area contributed by atoms with Crippen molar-refractivity contribution in [3.63, 3.8) is 0 Å². The van der Waals surface area contributed by atoms with E-state index in [-0.39, 0.29) is 6.04 Å². The van der Waals surface area contributed by atoms with Gasteiger partial charge in [0.25, 0.3) is 0 Å². The summed E-state index contributed by atoms with van der Waals surface area (Å²) in [5.74, 6) is 0.673. The largest absolute Gasteiger partial charge is 0.326 e. The maximum atomic E-state index is 6.30. The minimum absolute atomic E-state index is 0.220. The SMILES string of the molecule is CC(C)CN1CCCC(N)C1c1ccccn1. The summed E-state index contributed by atoms with van der Waals surface area (Å²) in [5.41, 5.74) is 7.42. The molecule has 0 saturated carbocycles. The summed E-state index contributed by atoms with van der Waals surface area (Å²) >= 11 is 0. The number of rotatable bonds is 3. The van der Waals surface area contributed by atoms with Crippen molar-refractivity contribution in [2.45, 2.75) is 38.8 Å². The summed E-state index contributed by atoms with van der Waals surface area (Å²) in [6.45, 7) is 6.77. The van der Waals surface area contributed by atoms with Gasteiger partial charge in [-0.05, 0) is 37.4 Å². The third-order valence-corrected chi connectivity index (χ3v) is 3.37. The Hall–Kier alpha value is -0.930. The fraction of sp³-hybridized carbons (Fsp3) is 0.643. The topological polar surface area (TPSA) is 42.1 Å². The number of piperidine rings is 1. The summed E-state index contributed by atoms with van der Waals surface area (Å²) < 4.78 is 0. The molecule has 0 amide bonds. The molecule has 0 radical (unpaired) electrons. The zero-order valence-electron chi connectivity index (χ0n) is 10.8. The van der Waals surface area contributed by atoms with E-state index in [2.05, 4.69) is 35.9 Å². The molecule has 0 bridgehead atoms. The second kappa shape index (κ2) is 5.61. The molecule has 0 aliphatic carbocycles. The Kier molecular flexibility index (Phi) is 4.13. The number of likely N-dealkylation sites (tertiary alicyclic amines) is 1. The molecule has 3 heteroatoms. The van der Waals surface area contributed by atoms with Gasteiger partial charge in [-0.2, -0.15) is 0 Å². The standard InChI is InChI=1S/C14H23N3/c1-11(2)10-17-9-5-6-12(15)14(17)13-7-3-4-8-16-13/h3-4,7-8,11-12,14H,5-6,9-10,15H2,1-2H3. The average molecular weight is 233 g/mol. The molecule has 1 aliphatic rings. The maximum Gasteiger partial charge on any atom is 0.0673 e. The van der Waals surface area contributed by atoms with Crippen LogP contribution in [-0.2, 0) is 0 Å². The van der Waals surface area contributed by atoms with Gasteiger partial charge < -0.3 is 5.73 Å². The number of aromatic nitrogens is 1. The lowest BCUT2D eigenvalue weighted by molar-refractivity contribution is 0.111. The first-order valence-electron chi connectivity index (χ1n) is 6.59. The zero-order valence-corrected chi connectivity index (χ0v) is 10.8. The molecule has 17 heavy (non-hydrogen) atoms. The smallest absolute Gasteiger partial charge is 0.0673 e.